The van der Waals surface area contributed by atoms with E-state index >= 15 is 0 Å². The van der Waals surface area contributed by atoms with E-state index in [1.54, 1.807) is 13.0 Å². The summed E-state index contributed by atoms with van der Waals surface area (Å²) in [6.45, 7) is 3.89. The Hall–Kier alpha value is -1.36. The zero-order chi connectivity index (χ0) is 13.7. The third kappa shape index (κ3) is 3.84. The van der Waals surface area contributed by atoms with Gasteiger partial charge in [-0.15, -0.1) is 0 Å². The zero-order valence-electron chi connectivity index (χ0n) is 10.4. The van der Waals surface area contributed by atoms with Gasteiger partial charge in [-0.25, -0.2) is 0 Å². The predicted molar refractivity (Wildman–Crippen MR) is 72.6 cm³/mol. The quantitative estimate of drug-likeness (QED) is 0.878. The van der Waals surface area contributed by atoms with Crippen LogP contribution in [-0.4, -0.2) is 23.5 Å². The highest BCUT2D eigenvalue weighted by molar-refractivity contribution is 9.10. The first-order chi connectivity index (χ1) is 8.43. The second-order valence-electron chi connectivity index (χ2n) is 4.22. The van der Waals surface area contributed by atoms with Crippen LogP contribution in [-0.2, 0) is 4.79 Å². The lowest BCUT2D eigenvalue weighted by atomic mass is 10.1. The molecule has 1 unspecified atom stereocenters. The average Bonchev–Trinajstić information content (AvgIpc) is 2.32. The van der Waals surface area contributed by atoms with Crippen LogP contribution in [0.4, 0.5) is 0 Å². The van der Waals surface area contributed by atoms with Crippen molar-refractivity contribution in [3.05, 3.63) is 33.8 Å². The first kappa shape index (κ1) is 14.7. The first-order valence-electron chi connectivity index (χ1n) is 5.69. The van der Waals surface area contributed by atoms with Crippen molar-refractivity contribution in [1.29, 1.82) is 0 Å². The summed E-state index contributed by atoms with van der Waals surface area (Å²) in [6, 6.07) is 5.45. The number of rotatable bonds is 5. The highest BCUT2D eigenvalue weighted by Gasteiger charge is 2.13. The average molecular weight is 314 g/mol. The summed E-state index contributed by atoms with van der Waals surface area (Å²) in [5, 5.41) is 11.4. The van der Waals surface area contributed by atoms with Gasteiger partial charge in [0.25, 0.3) is 5.91 Å². The van der Waals surface area contributed by atoms with Crippen LogP contribution in [0.5, 0.6) is 0 Å². The third-order valence-corrected chi connectivity index (χ3v) is 3.77. The summed E-state index contributed by atoms with van der Waals surface area (Å²) in [4.78, 5) is 22.5. The largest absolute Gasteiger partial charge is 0.481 e. The maximum Gasteiger partial charge on any atom is 0.306 e. The molecule has 1 amide bonds. The van der Waals surface area contributed by atoms with Gasteiger partial charge in [0.05, 0.1) is 11.5 Å². The van der Waals surface area contributed by atoms with Gasteiger partial charge in [0, 0.05) is 11.0 Å². The Morgan fingerprint density at radius 1 is 1.44 bits per heavy atom. The summed E-state index contributed by atoms with van der Waals surface area (Å²) in [5.41, 5.74) is 1.56. The molecule has 1 rings (SSSR count). The van der Waals surface area contributed by atoms with E-state index in [1.807, 2.05) is 19.1 Å². The van der Waals surface area contributed by atoms with Crippen LogP contribution in [0.15, 0.2) is 22.7 Å². The maximum absolute atomic E-state index is 11.9. The van der Waals surface area contributed by atoms with Crippen molar-refractivity contribution >= 4 is 27.8 Å². The van der Waals surface area contributed by atoms with E-state index in [1.165, 1.54) is 0 Å². The monoisotopic (exact) mass is 313 g/mol. The minimum atomic E-state index is -0.846. The van der Waals surface area contributed by atoms with Gasteiger partial charge in [-0.05, 0) is 40.9 Å². The number of aliphatic carboxylic acids is 1. The van der Waals surface area contributed by atoms with Gasteiger partial charge in [0.15, 0.2) is 0 Å². The lowest BCUT2D eigenvalue weighted by molar-refractivity contribution is -0.141. The van der Waals surface area contributed by atoms with Gasteiger partial charge in [0.1, 0.15) is 0 Å². The van der Waals surface area contributed by atoms with Crippen LogP contribution in [0.1, 0.15) is 29.3 Å². The molecule has 98 valence electrons. The van der Waals surface area contributed by atoms with Crippen molar-refractivity contribution in [2.75, 3.05) is 6.54 Å². The number of halogens is 1. The normalized spacial score (nSPS) is 11.9. The molecule has 1 aromatic carbocycles. The van der Waals surface area contributed by atoms with Crippen molar-refractivity contribution in [2.45, 2.75) is 20.3 Å². The molecule has 0 heterocycles. The van der Waals surface area contributed by atoms with Crippen LogP contribution < -0.4 is 5.32 Å². The topological polar surface area (TPSA) is 66.4 Å². The van der Waals surface area contributed by atoms with Crippen molar-refractivity contribution < 1.29 is 14.7 Å². The van der Waals surface area contributed by atoms with E-state index in [0.29, 0.717) is 18.5 Å². The first-order valence-corrected chi connectivity index (χ1v) is 6.49. The van der Waals surface area contributed by atoms with E-state index in [4.69, 9.17) is 5.11 Å². The zero-order valence-corrected chi connectivity index (χ0v) is 12.0. The van der Waals surface area contributed by atoms with Crippen molar-refractivity contribution in [2.24, 2.45) is 5.92 Å². The molecule has 1 atom stereocenters. The van der Waals surface area contributed by atoms with Crippen molar-refractivity contribution in [3.8, 4) is 0 Å². The molecular formula is C13H16BrNO3. The molecule has 0 aromatic heterocycles. The van der Waals surface area contributed by atoms with Gasteiger partial charge in [0.2, 0.25) is 0 Å². The Morgan fingerprint density at radius 2 is 2.11 bits per heavy atom. The van der Waals surface area contributed by atoms with Crippen LogP contribution in [0.25, 0.3) is 0 Å². The van der Waals surface area contributed by atoms with E-state index in [2.05, 4.69) is 21.2 Å². The number of carboxylic acids is 1. The molecule has 18 heavy (non-hydrogen) atoms. The minimum absolute atomic E-state index is 0.192. The second kappa shape index (κ2) is 6.54. The number of carbonyl (C=O) groups excluding carboxylic acids is 1. The summed E-state index contributed by atoms with van der Waals surface area (Å²) in [6.07, 6.45) is 0.421. The van der Waals surface area contributed by atoms with Crippen LogP contribution in [0.2, 0.25) is 0 Å². The smallest absolute Gasteiger partial charge is 0.306 e. The Morgan fingerprint density at radius 3 is 2.72 bits per heavy atom. The number of nitrogens with one attached hydrogen (secondary N) is 1. The van der Waals surface area contributed by atoms with Crippen LogP contribution in [0.3, 0.4) is 0 Å². The molecule has 0 bridgehead atoms. The van der Waals surface area contributed by atoms with E-state index in [0.717, 1.165) is 10.0 Å². The number of amides is 1. The van der Waals surface area contributed by atoms with Gasteiger partial charge in [-0.3, -0.25) is 9.59 Å². The fraction of sp³-hybridized carbons (Fsp3) is 0.385. The lowest BCUT2D eigenvalue weighted by Crippen LogP contribution is -2.27. The predicted octanol–water partition coefficient (Wildman–Crippen LogP) is 2.60. The molecule has 0 fully saturated rings. The van der Waals surface area contributed by atoms with E-state index in [-0.39, 0.29) is 5.91 Å². The number of aryl methyl sites for hydroxylation is 1. The molecule has 0 saturated carbocycles. The standard InChI is InChI=1S/C13H16BrNO3/c1-8-4-3-5-10(11(8)14)12(16)15-7-6-9(2)13(17)18/h3-5,9H,6-7H2,1-2H3,(H,15,16)(H,17,18). The Kier molecular flexibility index (Phi) is 5.34. The van der Waals surface area contributed by atoms with Crippen molar-refractivity contribution in [1.82, 2.24) is 5.32 Å². The molecule has 1 aromatic rings. The summed E-state index contributed by atoms with van der Waals surface area (Å²) < 4.78 is 0.772. The van der Waals surface area contributed by atoms with Gasteiger partial charge < -0.3 is 10.4 Å². The highest BCUT2D eigenvalue weighted by Crippen LogP contribution is 2.20. The van der Waals surface area contributed by atoms with Crippen LogP contribution in [0, 0.1) is 12.8 Å². The number of benzene rings is 1. The molecule has 0 spiro atoms. The fourth-order valence-electron chi connectivity index (χ4n) is 1.44. The van der Waals surface area contributed by atoms with Gasteiger partial charge in [-0.2, -0.15) is 0 Å². The lowest BCUT2D eigenvalue weighted by Gasteiger charge is -2.10. The Bertz CT molecular complexity index is 460. The third-order valence-electron chi connectivity index (χ3n) is 2.72. The Labute approximate surface area is 115 Å². The maximum atomic E-state index is 11.9. The Balaban J connectivity index is 2.56. The molecular weight excluding hydrogens is 298 g/mol. The van der Waals surface area contributed by atoms with Crippen molar-refractivity contribution in [3.63, 3.8) is 0 Å². The number of carboxylic acid groups (broad SMARTS) is 1. The molecule has 5 heteroatoms. The molecule has 0 aliphatic heterocycles. The summed E-state index contributed by atoms with van der Waals surface area (Å²) in [5.74, 6) is -1.49. The summed E-state index contributed by atoms with van der Waals surface area (Å²) in [7, 11) is 0. The van der Waals surface area contributed by atoms with E-state index in [9.17, 15) is 9.59 Å². The fourth-order valence-corrected chi connectivity index (χ4v) is 1.89. The van der Waals surface area contributed by atoms with Crippen LogP contribution >= 0.6 is 15.9 Å². The SMILES string of the molecule is Cc1cccc(C(=O)NCCC(C)C(=O)O)c1Br. The molecule has 0 radical (unpaired) electrons. The van der Waals surface area contributed by atoms with Gasteiger partial charge in [-0.1, -0.05) is 19.1 Å². The highest BCUT2D eigenvalue weighted by atomic mass is 79.9. The molecule has 2 N–H and O–H groups in total. The minimum Gasteiger partial charge on any atom is -0.481 e. The molecule has 0 aliphatic carbocycles. The second-order valence-corrected chi connectivity index (χ2v) is 5.01. The summed E-state index contributed by atoms with van der Waals surface area (Å²) >= 11 is 3.37. The molecule has 4 nitrogen and oxygen atoms in total. The number of hydrogen-bond acceptors (Lipinski definition) is 2. The van der Waals surface area contributed by atoms with E-state index < -0.39 is 11.9 Å². The number of hydrogen-bond donors (Lipinski definition) is 2. The number of carbonyl (C=O) groups is 2. The molecule has 0 aliphatic rings. The molecule has 0 saturated heterocycles. The van der Waals surface area contributed by atoms with Gasteiger partial charge >= 0.3 is 5.97 Å².